The second-order valence-corrected chi connectivity index (χ2v) is 4.70. The van der Waals surface area contributed by atoms with Crippen LogP contribution in [0.4, 0.5) is 4.79 Å². The highest BCUT2D eigenvalue weighted by Crippen LogP contribution is 2.15. The van der Waals surface area contributed by atoms with Crippen LogP contribution in [0.1, 0.15) is 26.2 Å². The van der Waals surface area contributed by atoms with E-state index in [0.29, 0.717) is 12.5 Å². The predicted octanol–water partition coefficient (Wildman–Crippen LogP) is 1.22. The van der Waals surface area contributed by atoms with Crippen molar-refractivity contribution in [1.82, 2.24) is 10.2 Å². The van der Waals surface area contributed by atoms with Crippen LogP contribution < -0.4 is 5.32 Å². The molecule has 86 valence electrons. The first kappa shape index (κ1) is 10.7. The van der Waals surface area contributed by atoms with Crippen molar-refractivity contribution in [2.75, 3.05) is 26.3 Å². The van der Waals surface area contributed by atoms with Crippen LogP contribution in [0.3, 0.4) is 0 Å². The van der Waals surface area contributed by atoms with E-state index in [4.69, 9.17) is 4.74 Å². The third-order valence-corrected chi connectivity index (χ3v) is 3.20. The lowest BCUT2D eigenvalue weighted by atomic mass is 10.0. The molecular formula is C11H20N2O2. The zero-order valence-electron chi connectivity index (χ0n) is 9.37. The smallest absolute Gasteiger partial charge is 0.317 e. The second kappa shape index (κ2) is 4.84. The van der Waals surface area contributed by atoms with E-state index in [1.165, 1.54) is 6.42 Å². The van der Waals surface area contributed by atoms with Crippen LogP contribution in [-0.2, 0) is 4.74 Å². The lowest BCUT2D eigenvalue weighted by molar-refractivity contribution is 0.160. The van der Waals surface area contributed by atoms with Crippen molar-refractivity contribution in [3.8, 4) is 0 Å². The molecule has 0 aromatic carbocycles. The van der Waals surface area contributed by atoms with E-state index in [1.807, 2.05) is 4.90 Å². The monoisotopic (exact) mass is 212 g/mol. The number of hydrogen-bond acceptors (Lipinski definition) is 2. The zero-order chi connectivity index (χ0) is 10.7. The van der Waals surface area contributed by atoms with Crippen molar-refractivity contribution >= 4 is 6.03 Å². The molecule has 2 aliphatic rings. The Hall–Kier alpha value is -0.770. The molecule has 0 spiro atoms. The molecule has 15 heavy (non-hydrogen) atoms. The van der Waals surface area contributed by atoms with Crippen LogP contribution in [0.25, 0.3) is 0 Å². The summed E-state index contributed by atoms with van der Waals surface area (Å²) in [6.45, 7) is 5.47. The molecule has 0 radical (unpaired) electrons. The Morgan fingerprint density at radius 3 is 3.00 bits per heavy atom. The molecule has 2 unspecified atom stereocenters. The molecule has 1 N–H and O–H groups in total. The van der Waals surface area contributed by atoms with Crippen LogP contribution >= 0.6 is 0 Å². The minimum absolute atomic E-state index is 0.0945. The lowest BCUT2D eigenvalue weighted by Gasteiger charge is -2.31. The molecule has 2 aliphatic heterocycles. The summed E-state index contributed by atoms with van der Waals surface area (Å²) >= 11 is 0. The fourth-order valence-electron chi connectivity index (χ4n) is 2.29. The summed E-state index contributed by atoms with van der Waals surface area (Å²) < 4.78 is 5.23. The summed E-state index contributed by atoms with van der Waals surface area (Å²) in [4.78, 5) is 13.8. The van der Waals surface area contributed by atoms with Crippen molar-refractivity contribution in [2.45, 2.75) is 32.2 Å². The molecule has 0 aliphatic carbocycles. The summed E-state index contributed by atoms with van der Waals surface area (Å²) in [6.07, 6.45) is 3.33. The van der Waals surface area contributed by atoms with Crippen LogP contribution in [-0.4, -0.2) is 43.3 Å². The number of carbonyl (C=O) groups excluding carboxylic acids is 1. The van der Waals surface area contributed by atoms with Gasteiger partial charge in [-0.2, -0.15) is 0 Å². The molecule has 0 aromatic rings. The van der Waals surface area contributed by atoms with Crippen molar-refractivity contribution in [3.05, 3.63) is 0 Å². The molecule has 4 heteroatoms. The number of likely N-dealkylation sites (tertiary alicyclic amines) is 1. The largest absolute Gasteiger partial charge is 0.379 e. The van der Waals surface area contributed by atoms with Crippen LogP contribution in [0.5, 0.6) is 0 Å². The number of rotatable bonds is 1. The summed E-state index contributed by atoms with van der Waals surface area (Å²) in [5.74, 6) is 0.643. The number of carbonyl (C=O) groups is 1. The van der Waals surface area contributed by atoms with Gasteiger partial charge >= 0.3 is 6.03 Å². The van der Waals surface area contributed by atoms with Gasteiger partial charge in [-0.1, -0.05) is 6.92 Å². The van der Waals surface area contributed by atoms with Gasteiger partial charge in [0, 0.05) is 19.7 Å². The van der Waals surface area contributed by atoms with E-state index >= 15 is 0 Å². The lowest BCUT2D eigenvalue weighted by Crippen LogP contribution is -2.48. The van der Waals surface area contributed by atoms with Gasteiger partial charge in [0.1, 0.15) is 0 Å². The van der Waals surface area contributed by atoms with E-state index in [1.54, 1.807) is 0 Å². The van der Waals surface area contributed by atoms with Gasteiger partial charge in [-0.05, 0) is 25.2 Å². The van der Waals surface area contributed by atoms with E-state index in [0.717, 1.165) is 32.5 Å². The van der Waals surface area contributed by atoms with Crippen LogP contribution in [0.15, 0.2) is 0 Å². The normalized spacial score (nSPS) is 31.7. The first-order valence-electron chi connectivity index (χ1n) is 5.89. The predicted molar refractivity (Wildman–Crippen MR) is 57.7 cm³/mol. The molecule has 2 amide bonds. The maximum Gasteiger partial charge on any atom is 0.317 e. The molecule has 2 atom stereocenters. The number of hydrogen-bond donors (Lipinski definition) is 1. The van der Waals surface area contributed by atoms with Crippen molar-refractivity contribution in [2.24, 2.45) is 5.92 Å². The van der Waals surface area contributed by atoms with Gasteiger partial charge in [-0.15, -0.1) is 0 Å². The minimum Gasteiger partial charge on any atom is -0.379 e. The van der Waals surface area contributed by atoms with Crippen molar-refractivity contribution in [1.29, 1.82) is 0 Å². The van der Waals surface area contributed by atoms with E-state index in [-0.39, 0.29) is 12.1 Å². The van der Waals surface area contributed by atoms with Crippen LogP contribution in [0, 0.1) is 5.92 Å². The van der Waals surface area contributed by atoms with Gasteiger partial charge < -0.3 is 15.0 Å². The Morgan fingerprint density at radius 1 is 1.47 bits per heavy atom. The zero-order valence-corrected chi connectivity index (χ0v) is 9.37. The Balaban J connectivity index is 1.78. The Kier molecular flexibility index (Phi) is 3.46. The van der Waals surface area contributed by atoms with Gasteiger partial charge in [0.25, 0.3) is 0 Å². The molecule has 2 saturated heterocycles. The van der Waals surface area contributed by atoms with E-state index < -0.39 is 0 Å². The third-order valence-electron chi connectivity index (χ3n) is 3.20. The van der Waals surface area contributed by atoms with E-state index in [9.17, 15) is 4.79 Å². The van der Waals surface area contributed by atoms with Crippen molar-refractivity contribution < 1.29 is 9.53 Å². The number of piperidine rings is 1. The minimum atomic E-state index is 0.0945. The maximum atomic E-state index is 11.9. The third kappa shape index (κ3) is 2.84. The number of amides is 2. The summed E-state index contributed by atoms with van der Waals surface area (Å²) in [6, 6.07) is 0.326. The standard InChI is InChI=1S/C11H20N2O2/c1-9-3-2-5-13(7-9)11(14)12-10-4-6-15-8-10/h9-10H,2-8H2,1H3,(H,12,14). The molecule has 2 fully saturated rings. The first-order chi connectivity index (χ1) is 7.25. The maximum absolute atomic E-state index is 11.9. The number of nitrogens with zero attached hydrogens (tertiary/aromatic N) is 1. The average Bonchev–Trinajstić information content (AvgIpc) is 2.70. The Morgan fingerprint density at radius 2 is 2.33 bits per heavy atom. The molecule has 2 rings (SSSR count). The average molecular weight is 212 g/mol. The topological polar surface area (TPSA) is 41.6 Å². The highest BCUT2D eigenvalue weighted by Gasteiger charge is 2.24. The van der Waals surface area contributed by atoms with Gasteiger partial charge in [-0.3, -0.25) is 0 Å². The van der Waals surface area contributed by atoms with Gasteiger partial charge in [0.05, 0.1) is 12.6 Å². The molecule has 2 heterocycles. The van der Waals surface area contributed by atoms with Gasteiger partial charge in [0.2, 0.25) is 0 Å². The molecule has 4 nitrogen and oxygen atoms in total. The van der Waals surface area contributed by atoms with Gasteiger partial charge in [-0.25, -0.2) is 4.79 Å². The summed E-state index contributed by atoms with van der Waals surface area (Å²) in [5, 5.41) is 3.03. The quantitative estimate of drug-likeness (QED) is 0.710. The molecule has 0 saturated carbocycles. The number of ether oxygens (including phenoxy) is 1. The number of nitrogens with one attached hydrogen (secondary N) is 1. The highest BCUT2D eigenvalue weighted by molar-refractivity contribution is 5.74. The molecular weight excluding hydrogens is 192 g/mol. The molecule has 0 aromatic heterocycles. The van der Waals surface area contributed by atoms with Gasteiger partial charge in [0.15, 0.2) is 0 Å². The van der Waals surface area contributed by atoms with Crippen molar-refractivity contribution in [3.63, 3.8) is 0 Å². The first-order valence-corrected chi connectivity index (χ1v) is 5.89. The number of urea groups is 1. The fraction of sp³-hybridized carbons (Fsp3) is 0.909. The summed E-state index contributed by atoms with van der Waals surface area (Å²) in [7, 11) is 0. The SMILES string of the molecule is CC1CCCN(C(=O)NC2CCOC2)C1. The Bertz CT molecular complexity index is 227. The summed E-state index contributed by atoms with van der Waals surface area (Å²) in [5.41, 5.74) is 0. The molecule has 0 bridgehead atoms. The highest BCUT2D eigenvalue weighted by atomic mass is 16.5. The Labute approximate surface area is 91.0 Å². The fourth-order valence-corrected chi connectivity index (χ4v) is 2.29. The van der Waals surface area contributed by atoms with E-state index in [2.05, 4.69) is 12.2 Å². The second-order valence-electron chi connectivity index (χ2n) is 4.70. The van der Waals surface area contributed by atoms with Crippen LogP contribution in [0.2, 0.25) is 0 Å².